The van der Waals surface area contributed by atoms with E-state index in [0.717, 1.165) is 5.56 Å². The highest BCUT2D eigenvalue weighted by atomic mass is 28.4. The largest absolute Gasteiger partial charge is 0.456 e. The third-order valence-electron chi connectivity index (χ3n) is 6.48. The van der Waals surface area contributed by atoms with Crippen molar-refractivity contribution in [3.8, 4) is 0 Å². The number of amides is 1. The van der Waals surface area contributed by atoms with Gasteiger partial charge in [0.1, 0.15) is 6.61 Å². The first kappa shape index (κ1) is 29.1. The fraction of sp³-hybridized carbons (Fsp3) is 0.625. The van der Waals surface area contributed by atoms with Gasteiger partial charge in [0.05, 0.1) is 18.2 Å². The Hall–Kier alpha value is -3.08. The molecule has 0 unspecified atom stereocenters. The van der Waals surface area contributed by atoms with Gasteiger partial charge in [-0.3, -0.25) is 9.59 Å². The highest BCUT2D eigenvalue weighted by Gasteiger charge is 2.53. The second kappa shape index (κ2) is 12.2. The average molecular weight is 521 g/mol. The fourth-order valence-corrected chi connectivity index (χ4v) is 5.05. The van der Waals surface area contributed by atoms with Crippen LogP contribution in [0.25, 0.3) is 10.4 Å². The number of nitrogens with zero attached hydrogens (tertiary/aromatic N) is 3. The molecule has 0 radical (unpaired) electrons. The van der Waals surface area contributed by atoms with E-state index in [-0.39, 0.29) is 18.1 Å². The molecule has 198 valence electrons. The van der Waals surface area contributed by atoms with Crippen molar-refractivity contribution >= 4 is 26.3 Å². The van der Waals surface area contributed by atoms with Gasteiger partial charge in [-0.2, -0.15) is 0 Å². The maximum atomic E-state index is 12.6. The molecule has 0 spiro atoms. The van der Waals surface area contributed by atoms with Gasteiger partial charge in [0, 0.05) is 18.8 Å². The van der Waals surface area contributed by atoms with Crippen LogP contribution in [0.4, 0.5) is 4.79 Å². The van der Waals surface area contributed by atoms with Crippen LogP contribution in [0.3, 0.4) is 0 Å². The van der Waals surface area contributed by atoms with Crippen molar-refractivity contribution in [1.82, 2.24) is 5.32 Å². The van der Waals surface area contributed by atoms with Crippen molar-refractivity contribution in [2.45, 2.75) is 96.2 Å². The molecule has 5 atom stereocenters. The lowest BCUT2D eigenvalue weighted by Gasteiger charge is -2.48. The van der Waals surface area contributed by atoms with Crippen LogP contribution in [0.5, 0.6) is 0 Å². The number of carbonyl (C=O) groups excluding carboxylic acids is 3. The molecule has 0 bridgehead atoms. The molecular weight excluding hydrogens is 484 g/mol. The van der Waals surface area contributed by atoms with Crippen molar-refractivity contribution in [1.29, 1.82) is 0 Å². The molecule has 1 N–H and O–H groups in total. The third-order valence-corrected chi connectivity index (χ3v) is 10.9. The summed E-state index contributed by atoms with van der Waals surface area (Å²) in [7, 11) is -2.46. The molecule has 1 aliphatic rings. The van der Waals surface area contributed by atoms with E-state index in [4.69, 9.17) is 18.6 Å². The number of alkyl carbamates (subject to hydrolysis) is 1. The first-order valence-corrected chi connectivity index (χ1v) is 14.7. The van der Waals surface area contributed by atoms with Crippen LogP contribution >= 0.6 is 0 Å². The maximum Gasteiger partial charge on any atom is 0.407 e. The van der Waals surface area contributed by atoms with Gasteiger partial charge in [0.15, 0.2) is 20.5 Å². The lowest BCUT2D eigenvalue weighted by atomic mass is 9.84. The molecule has 12 heteroatoms. The molecule has 0 aliphatic heterocycles. The molecule has 0 heterocycles. The van der Waals surface area contributed by atoms with Crippen LogP contribution in [0.15, 0.2) is 35.4 Å². The van der Waals surface area contributed by atoms with Gasteiger partial charge >= 0.3 is 18.0 Å². The standard InChI is InChI=1S/C24H36N4O7Si/c1-15(29)33-20-18(26-23(31)32-14-17-11-9-8-10-12-17)13-19(27-28-25)21(22(20)34-16(2)30)35-36(6,7)24(3,4)5/h8-12,18-22H,13-14H2,1-7H3,(H,26,31)/t18-,19+,20+,21-,22-/m1/s1. The smallest absolute Gasteiger partial charge is 0.407 e. The van der Waals surface area contributed by atoms with E-state index in [1.807, 2.05) is 64.2 Å². The summed E-state index contributed by atoms with van der Waals surface area (Å²) in [4.78, 5) is 39.7. The Kier molecular flexibility index (Phi) is 9.91. The topological polar surface area (TPSA) is 149 Å². The Labute approximate surface area is 212 Å². The lowest BCUT2D eigenvalue weighted by molar-refractivity contribution is -0.184. The molecule has 2 rings (SSSR count). The summed E-state index contributed by atoms with van der Waals surface area (Å²) in [5, 5.41) is 6.39. The number of carbonyl (C=O) groups is 3. The van der Waals surface area contributed by atoms with Crippen LogP contribution < -0.4 is 5.32 Å². The highest BCUT2D eigenvalue weighted by molar-refractivity contribution is 6.74. The number of nitrogens with one attached hydrogen (secondary N) is 1. The predicted molar refractivity (Wildman–Crippen MR) is 134 cm³/mol. The van der Waals surface area contributed by atoms with Gasteiger partial charge in [0.2, 0.25) is 0 Å². The van der Waals surface area contributed by atoms with E-state index in [2.05, 4.69) is 15.3 Å². The number of ether oxygens (including phenoxy) is 3. The number of hydrogen-bond donors (Lipinski definition) is 1. The van der Waals surface area contributed by atoms with Crippen LogP contribution in [-0.2, 0) is 34.8 Å². The SMILES string of the molecule is CC(=O)O[C@@H]1[C@@H](OC(C)=O)[C@H](NC(=O)OCc2ccccc2)C[C@H](N=[N+]=[N-])[C@H]1O[Si](C)(C)C(C)(C)C. The molecule has 1 aromatic carbocycles. The summed E-state index contributed by atoms with van der Waals surface area (Å²) >= 11 is 0. The van der Waals surface area contributed by atoms with Crippen molar-refractivity contribution in [2.75, 3.05) is 0 Å². The first-order chi connectivity index (χ1) is 16.7. The molecule has 1 saturated carbocycles. The van der Waals surface area contributed by atoms with Gasteiger partial charge in [-0.25, -0.2) is 4.79 Å². The van der Waals surface area contributed by atoms with Gasteiger partial charge in [-0.15, -0.1) is 0 Å². The van der Waals surface area contributed by atoms with Crippen molar-refractivity contribution in [2.24, 2.45) is 5.11 Å². The van der Waals surface area contributed by atoms with Crippen molar-refractivity contribution in [3.05, 3.63) is 46.3 Å². The number of benzene rings is 1. The second-order valence-electron chi connectivity index (χ2n) is 10.3. The molecule has 1 amide bonds. The van der Waals surface area contributed by atoms with Crippen LogP contribution in [-0.4, -0.2) is 56.7 Å². The molecule has 11 nitrogen and oxygen atoms in total. The van der Waals surface area contributed by atoms with E-state index in [9.17, 15) is 19.9 Å². The Morgan fingerprint density at radius 3 is 2.17 bits per heavy atom. The van der Waals surface area contributed by atoms with Crippen LogP contribution in [0.1, 0.15) is 46.6 Å². The minimum absolute atomic E-state index is 0.0296. The summed E-state index contributed by atoms with van der Waals surface area (Å²) in [6, 6.07) is 7.45. The monoisotopic (exact) mass is 520 g/mol. The fourth-order valence-electron chi connectivity index (χ4n) is 3.73. The van der Waals surface area contributed by atoms with Gasteiger partial charge in [0.25, 0.3) is 0 Å². The van der Waals surface area contributed by atoms with Crippen molar-refractivity contribution in [3.63, 3.8) is 0 Å². The number of rotatable bonds is 8. The van der Waals surface area contributed by atoms with Crippen LogP contribution in [0.2, 0.25) is 18.1 Å². The zero-order valence-corrected chi connectivity index (χ0v) is 22.9. The molecule has 1 fully saturated rings. The van der Waals surface area contributed by atoms with E-state index < -0.39 is 56.7 Å². The number of esters is 2. The quantitative estimate of drug-likeness (QED) is 0.131. The molecule has 0 aromatic heterocycles. The third kappa shape index (κ3) is 7.97. The number of hydrogen-bond acceptors (Lipinski definition) is 8. The Morgan fingerprint density at radius 2 is 1.64 bits per heavy atom. The zero-order valence-electron chi connectivity index (χ0n) is 21.9. The van der Waals surface area contributed by atoms with E-state index >= 15 is 0 Å². The molecular formula is C24H36N4O7Si. The van der Waals surface area contributed by atoms with Gasteiger partial charge in [-0.05, 0) is 35.6 Å². The Morgan fingerprint density at radius 1 is 1.06 bits per heavy atom. The van der Waals surface area contributed by atoms with Gasteiger partial charge in [-0.1, -0.05) is 56.2 Å². The summed E-state index contributed by atoms with van der Waals surface area (Å²) < 4.78 is 23.0. The second-order valence-corrected chi connectivity index (χ2v) is 15.1. The minimum atomic E-state index is -2.46. The van der Waals surface area contributed by atoms with E-state index in [1.54, 1.807) is 0 Å². The van der Waals surface area contributed by atoms with E-state index in [1.165, 1.54) is 13.8 Å². The summed E-state index contributed by atoms with van der Waals surface area (Å²) in [5.74, 6) is -1.26. The molecule has 36 heavy (non-hydrogen) atoms. The normalized spacial score (nSPS) is 24.1. The minimum Gasteiger partial charge on any atom is -0.456 e. The first-order valence-electron chi connectivity index (χ1n) is 11.8. The molecule has 1 aromatic rings. The number of azide groups is 1. The van der Waals surface area contributed by atoms with E-state index in [0.29, 0.717) is 0 Å². The van der Waals surface area contributed by atoms with Crippen molar-refractivity contribution < 1.29 is 33.0 Å². The maximum absolute atomic E-state index is 12.6. The molecule has 0 saturated heterocycles. The summed E-state index contributed by atoms with van der Waals surface area (Å²) in [5.41, 5.74) is 10.1. The summed E-state index contributed by atoms with van der Waals surface area (Å²) in [6.45, 7) is 12.6. The predicted octanol–water partition coefficient (Wildman–Crippen LogP) is 4.62. The van der Waals surface area contributed by atoms with Crippen LogP contribution in [0, 0.1) is 0 Å². The lowest BCUT2D eigenvalue weighted by Crippen LogP contribution is -2.65. The highest BCUT2D eigenvalue weighted by Crippen LogP contribution is 2.41. The summed E-state index contributed by atoms with van der Waals surface area (Å²) in [6.07, 6.45) is -3.77. The van der Waals surface area contributed by atoms with Gasteiger partial charge < -0.3 is 24.0 Å². The molecule has 1 aliphatic carbocycles. The Bertz CT molecular complexity index is 976. The average Bonchev–Trinajstić information content (AvgIpc) is 2.76. The Balaban J connectivity index is 2.38. The zero-order chi connectivity index (χ0) is 27.1.